The minimum Gasteiger partial charge on any atom is -0.392 e. The molecule has 0 spiro atoms. The zero-order valence-electron chi connectivity index (χ0n) is 11.3. The SMILES string of the molecule is CN(C)c1cccc(NC(=O)C2(C(N)=S)CCC2)c1. The standard InChI is InChI=1S/C14H19N3OS/c1-17(2)11-6-3-5-10(9-11)16-13(18)14(12(15)19)7-4-8-14/h3,5-6,9H,4,7-8H2,1-2H3,(H2,15,19)(H,16,18). The van der Waals surface area contributed by atoms with Crippen molar-refractivity contribution >= 4 is 34.5 Å². The second kappa shape index (κ2) is 5.17. The molecule has 0 saturated heterocycles. The molecule has 1 aliphatic rings. The first-order chi connectivity index (χ1) is 8.95. The molecular formula is C14H19N3OS. The van der Waals surface area contributed by atoms with Gasteiger partial charge in [0.2, 0.25) is 5.91 Å². The van der Waals surface area contributed by atoms with Crippen LogP contribution in [0, 0.1) is 5.41 Å². The number of nitrogens with two attached hydrogens (primary N) is 1. The Labute approximate surface area is 119 Å². The predicted octanol–water partition coefficient (Wildman–Crippen LogP) is 2.15. The van der Waals surface area contributed by atoms with Crippen LogP contribution in [0.25, 0.3) is 0 Å². The van der Waals surface area contributed by atoms with Crippen molar-refractivity contribution in [2.24, 2.45) is 11.1 Å². The molecule has 3 N–H and O–H groups in total. The molecule has 0 radical (unpaired) electrons. The van der Waals surface area contributed by atoms with Gasteiger partial charge in [-0.25, -0.2) is 0 Å². The molecule has 0 unspecified atom stereocenters. The van der Waals surface area contributed by atoms with Crippen LogP contribution in [0.5, 0.6) is 0 Å². The van der Waals surface area contributed by atoms with Crippen LogP contribution in [0.4, 0.5) is 11.4 Å². The molecule has 0 atom stereocenters. The van der Waals surface area contributed by atoms with E-state index in [1.165, 1.54) is 0 Å². The first-order valence-electron chi connectivity index (χ1n) is 6.34. The van der Waals surface area contributed by atoms with Gasteiger partial charge in [-0.2, -0.15) is 0 Å². The zero-order valence-corrected chi connectivity index (χ0v) is 12.1. The summed E-state index contributed by atoms with van der Waals surface area (Å²) in [5, 5.41) is 2.93. The van der Waals surface area contributed by atoms with Gasteiger partial charge in [-0.3, -0.25) is 4.79 Å². The highest BCUT2D eigenvalue weighted by atomic mass is 32.1. The number of rotatable bonds is 4. The number of hydrogen-bond donors (Lipinski definition) is 2. The Morgan fingerprint density at radius 3 is 2.58 bits per heavy atom. The number of carbonyl (C=O) groups is 1. The van der Waals surface area contributed by atoms with E-state index < -0.39 is 5.41 Å². The molecule has 0 aliphatic heterocycles. The molecule has 4 nitrogen and oxygen atoms in total. The van der Waals surface area contributed by atoms with Crippen molar-refractivity contribution in [2.45, 2.75) is 19.3 Å². The first kappa shape index (κ1) is 13.8. The Bertz CT molecular complexity index is 509. The fraction of sp³-hybridized carbons (Fsp3) is 0.429. The minimum atomic E-state index is -0.635. The Morgan fingerprint density at radius 2 is 2.11 bits per heavy atom. The van der Waals surface area contributed by atoms with Crippen molar-refractivity contribution < 1.29 is 4.79 Å². The van der Waals surface area contributed by atoms with E-state index in [9.17, 15) is 4.79 Å². The normalized spacial score (nSPS) is 16.3. The lowest BCUT2D eigenvalue weighted by atomic mass is 9.68. The van der Waals surface area contributed by atoms with Crippen molar-refractivity contribution in [3.8, 4) is 0 Å². The molecule has 19 heavy (non-hydrogen) atoms. The van der Waals surface area contributed by atoms with Gasteiger partial charge in [0.15, 0.2) is 0 Å². The first-order valence-corrected chi connectivity index (χ1v) is 6.75. The van der Waals surface area contributed by atoms with Gasteiger partial charge in [0, 0.05) is 25.5 Å². The van der Waals surface area contributed by atoms with Crippen LogP contribution < -0.4 is 16.0 Å². The summed E-state index contributed by atoms with van der Waals surface area (Å²) >= 11 is 5.05. The predicted molar refractivity (Wildman–Crippen MR) is 82.5 cm³/mol. The van der Waals surface area contributed by atoms with Crippen LogP contribution in [0.2, 0.25) is 0 Å². The van der Waals surface area contributed by atoms with Crippen LogP contribution in [0.1, 0.15) is 19.3 Å². The number of nitrogens with one attached hydrogen (secondary N) is 1. The van der Waals surface area contributed by atoms with Gasteiger partial charge in [-0.05, 0) is 31.0 Å². The summed E-state index contributed by atoms with van der Waals surface area (Å²) in [5.74, 6) is -0.0813. The highest BCUT2D eigenvalue weighted by molar-refractivity contribution is 7.80. The van der Waals surface area contributed by atoms with Crippen molar-refractivity contribution in [2.75, 3.05) is 24.3 Å². The highest BCUT2D eigenvalue weighted by Crippen LogP contribution is 2.42. The van der Waals surface area contributed by atoms with Gasteiger partial charge < -0.3 is 16.0 Å². The average Bonchev–Trinajstić information content (AvgIpc) is 2.26. The fourth-order valence-corrected chi connectivity index (χ4v) is 2.53. The Morgan fingerprint density at radius 1 is 1.42 bits per heavy atom. The average molecular weight is 277 g/mol. The number of carbonyl (C=O) groups excluding carboxylic acids is 1. The summed E-state index contributed by atoms with van der Waals surface area (Å²) in [6, 6.07) is 7.71. The molecular weight excluding hydrogens is 258 g/mol. The molecule has 1 amide bonds. The summed E-state index contributed by atoms with van der Waals surface area (Å²) in [6.07, 6.45) is 2.51. The van der Waals surface area contributed by atoms with Gasteiger partial charge in [-0.15, -0.1) is 0 Å². The van der Waals surface area contributed by atoms with Crippen LogP contribution >= 0.6 is 12.2 Å². The molecule has 0 bridgehead atoms. The van der Waals surface area contributed by atoms with E-state index in [-0.39, 0.29) is 5.91 Å². The van der Waals surface area contributed by atoms with E-state index in [1.807, 2.05) is 43.3 Å². The maximum Gasteiger partial charge on any atom is 0.237 e. The van der Waals surface area contributed by atoms with Crippen LogP contribution in [-0.2, 0) is 4.79 Å². The number of anilines is 2. The van der Waals surface area contributed by atoms with Crippen LogP contribution in [0.3, 0.4) is 0 Å². The van der Waals surface area contributed by atoms with Crippen LogP contribution in [0.15, 0.2) is 24.3 Å². The Kier molecular flexibility index (Phi) is 3.75. The zero-order chi connectivity index (χ0) is 14.0. The minimum absolute atomic E-state index is 0.0813. The molecule has 1 aliphatic carbocycles. The highest BCUT2D eigenvalue weighted by Gasteiger charge is 2.46. The third-order valence-corrected chi connectivity index (χ3v) is 4.12. The molecule has 2 rings (SSSR count). The van der Waals surface area contributed by atoms with E-state index in [4.69, 9.17) is 18.0 Å². The Hall–Kier alpha value is -1.62. The molecule has 102 valence electrons. The number of amides is 1. The quantitative estimate of drug-likeness (QED) is 0.828. The van der Waals surface area contributed by atoms with Gasteiger partial charge in [0.05, 0.1) is 10.4 Å². The van der Waals surface area contributed by atoms with Gasteiger partial charge in [0.25, 0.3) is 0 Å². The van der Waals surface area contributed by atoms with Crippen LogP contribution in [-0.4, -0.2) is 25.0 Å². The number of nitrogens with zero attached hydrogens (tertiary/aromatic N) is 1. The third kappa shape index (κ3) is 2.56. The lowest BCUT2D eigenvalue weighted by Gasteiger charge is -2.39. The lowest BCUT2D eigenvalue weighted by Crippen LogP contribution is -2.50. The lowest BCUT2D eigenvalue weighted by molar-refractivity contribution is -0.125. The summed E-state index contributed by atoms with van der Waals surface area (Å²) in [7, 11) is 3.92. The van der Waals surface area contributed by atoms with Crippen molar-refractivity contribution in [3.05, 3.63) is 24.3 Å². The maximum absolute atomic E-state index is 12.3. The number of benzene rings is 1. The monoisotopic (exact) mass is 277 g/mol. The largest absolute Gasteiger partial charge is 0.392 e. The van der Waals surface area contributed by atoms with Gasteiger partial charge in [-0.1, -0.05) is 24.7 Å². The number of hydrogen-bond acceptors (Lipinski definition) is 3. The Balaban J connectivity index is 2.15. The second-order valence-electron chi connectivity index (χ2n) is 5.20. The summed E-state index contributed by atoms with van der Waals surface area (Å²) in [6.45, 7) is 0. The van der Waals surface area contributed by atoms with E-state index in [0.717, 1.165) is 30.6 Å². The second-order valence-corrected chi connectivity index (χ2v) is 5.64. The smallest absolute Gasteiger partial charge is 0.237 e. The topological polar surface area (TPSA) is 58.4 Å². The van der Waals surface area contributed by atoms with Gasteiger partial charge in [0.1, 0.15) is 0 Å². The molecule has 1 aromatic rings. The molecule has 1 saturated carbocycles. The molecule has 1 fully saturated rings. The van der Waals surface area contributed by atoms with E-state index in [2.05, 4.69) is 5.32 Å². The summed E-state index contributed by atoms with van der Waals surface area (Å²) in [4.78, 5) is 14.6. The van der Waals surface area contributed by atoms with Gasteiger partial charge >= 0.3 is 0 Å². The molecule has 0 heterocycles. The van der Waals surface area contributed by atoms with E-state index >= 15 is 0 Å². The van der Waals surface area contributed by atoms with Crippen molar-refractivity contribution in [1.82, 2.24) is 0 Å². The maximum atomic E-state index is 12.3. The van der Waals surface area contributed by atoms with Crippen molar-refractivity contribution in [1.29, 1.82) is 0 Å². The molecule has 0 aromatic heterocycles. The summed E-state index contributed by atoms with van der Waals surface area (Å²) < 4.78 is 0. The fourth-order valence-electron chi connectivity index (χ4n) is 2.23. The molecule has 1 aromatic carbocycles. The van der Waals surface area contributed by atoms with E-state index in [0.29, 0.717) is 4.99 Å². The van der Waals surface area contributed by atoms with E-state index in [1.54, 1.807) is 0 Å². The summed E-state index contributed by atoms with van der Waals surface area (Å²) in [5.41, 5.74) is 6.91. The third-order valence-electron chi connectivity index (χ3n) is 3.73. The van der Waals surface area contributed by atoms with Crippen molar-refractivity contribution in [3.63, 3.8) is 0 Å². The number of thiocarbonyl (C=S) groups is 1. The molecule has 5 heteroatoms.